The summed E-state index contributed by atoms with van der Waals surface area (Å²) in [6.45, 7) is 2.17. The predicted molar refractivity (Wildman–Crippen MR) is 87.4 cm³/mol. The largest absolute Gasteiger partial charge is 0.481 e. The van der Waals surface area contributed by atoms with Crippen LogP contribution in [-0.4, -0.2) is 31.0 Å². The lowest BCUT2D eigenvalue weighted by atomic mass is 10.1. The standard InChI is InChI=1S/C16H32O4S/c1-2-3-4-5-8-11-14-21(19,20)15-12-9-6-7-10-13-16(17)18/h2-15H2,1H3,(H,17,18). The van der Waals surface area contributed by atoms with Gasteiger partial charge in [0.2, 0.25) is 0 Å². The van der Waals surface area contributed by atoms with Crippen LogP contribution in [0.5, 0.6) is 0 Å². The van der Waals surface area contributed by atoms with Gasteiger partial charge in [-0.3, -0.25) is 4.79 Å². The van der Waals surface area contributed by atoms with E-state index >= 15 is 0 Å². The summed E-state index contributed by atoms with van der Waals surface area (Å²) in [7, 11) is -2.87. The molecule has 4 nitrogen and oxygen atoms in total. The van der Waals surface area contributed by atoms with Gasteiger partial charge in [-0.2, -0.15) is 0 Å². The van der Waals surface area contributed by atoms with Crippen LogP contribution in [0.2, 0.25) is 0 Å². The normalized spacial score (nSPS) is 11.7. The summed E-state index contributed by atoms with van der Waals surface area (Å²) in [5.74, 6) is -0.129. The van der Waals surface area contributed by atoms with Crippen LogP contribution in [-0.2, 0) is 14.6 Å². The molecule has 0 saturated heterocycles. The summed E-state index contributed by atoms with van der Waals surface area (Å²) in [6.07, 6.45) is 11.0. The van der Waals surface area contributed by atoms with E-state index in [1.54, 1.807) is 0 Å². The second-order valence-corrected chi connectivity index (χ2v) is 8.13. The van der Waals surface area contributed by atoms with Crippen LogP contribution < -0.4 is 0 Å². The zero-order valence-corrected chi connectivity index (χ0v) is 14.3. The average Bonchev–Trinajstić information content (AvgIpc) is 2.41. The fourth-order valence-electron chi connectivity index (χ4n) is 2.33. The lowest BCUT2D eigenvalue weighted by Crippen LogP contribution is -2.11. The van der Waals surface area contributed by atoms with Crippen molar-refractivity contribution in [3.63, 3.8) is 0 Å². The van der Waals surface area contributed by atoms with E-state index in [2.05, 4.69) is 6.92 Å². The van der Waals surface area contributed by atoms with E-state index in [1.807, 2.05) is 0 Å². The fourth-order valence-corrected chi connectivity index (χ4v) is 3.82. The monoisotopic (exact) mass is 320 g/mol. The van der Waals surface area contributed by atoms with E-state index in [0.29, 0.717) is 24.3 Å². The molecule has 0 spiro atoms. The number of carboxylic acids is 1. The molecule has 0 aromatic carbocycles. The van der Waals surface area contributed by atoms with Gasteiger partial charge in [-0.25, -0.2) is 8.42 Å². The molecule has 0 aliphatic rings. The first-order chi connectivity index (χ1) is 9.98. The highest BCUT2D eigenvalue weighted by Crippen LogP contribution is 2.10. The van der Waals surface area contributed by atoms with Gasteiger partial charge in [-0.05, 0) is 19.3 Å². The molecule has 0 aromatic heterocycles. The molecule has 0 amide bonds. The molecule has 5 heteroatoms. The quantitative estimate of drug-likeness (QED) is 0.459. The minimum atomic E-state index is -2.87. The fraction of sp³-hybridized carbons (Fsp3) is 0.938. The highest BCUT2D eigenvalue weighted by atomic mass is 32.2. The van der Waals surface area contributed by atoms with Crippen molar-refractivity contribution < 1.29 is 18.3 Å². The maximum absolute atomic E-state index is 11.8. The van der Waals surface area contributed by atoms with Crippen molar-refractivity contribution in [2.24, 2.45) is 0 Å². The van der Waals surface area contributed by atoms with E-state index in [0.717, 1.165) is 38.5 Å². The summed E-state index contributed by atoms with van der Waals surface area (Å²) in [4.78, 5) is 10.3. The third kappa shape index (κ3) is 15.6. The van der Waals surface area contributed by atoms with Gasteiger partial charge in [-0.1, -0.05) is 58.3 Å². The smallest absolute Gasteiger partial charge is 0.303 e. The molecule has 0 unspecified atom stereocenters. The molecule has 0 radical (unpaired) electrons. The van der Waals surface area contributed by atoms with Gasteiger partial charge in [0.1, 0.15) is 9.84 Å². The lowest BCUT2D eigenvalue weighted by molar-refractivity contribution is -0.137. The number of hydrogen-bond donors (Lipinski definition) is 1. The van der Waals surface area contributed by atoms with E-state index < -0.39 is 15.8 Å². The van der Waals surface area contributed by atoms with E-state index in [9.17, 15) is 13.2 Å². The second kappa shape index (κ2) is 13.1. The van der Waals surface area contributed by atoms with Crippen molar-refractivity contribution in [2.45, 2.75) is 84.0 Å². The number of sulfone groups is 1. The minimum absolute atomic E-state index is 0.219. The first-order valence-corrected chi connectivity index (χ1v) is 10.2. The molecule has 0 aromatic rings. The Morgan fingerprint density at radius 3 is 1.67 bits per heavy atom. The average molecular weight is 320 g/mol. The van der Waals surface area contributed by atoms with Crippen LogP contribution in [0.25, 0.3) is 0 Å². The molecule has 0 bridgehead atoms. The number of aliphatic carboxylic acids is 1. The van der Waals surface area contributed by atoms with Gasteiger partial charge in [0.15, 0.2) is 0 Å². The van der Waals surface area contributed by atoms with Gasteiger partial charge in [0, 0.05) is 6.42 Å². The van der Waals surface area contributed by atoms with Crippen molar-refractivity contribution in [2.75, 3.05) is 11.5 Å². The Labute approximate surface area is 130 Å². The molecule has 0 saturated carbocycles. The Bertz CT molecular complexity index is 349. The molecule has 1 N–H and O–H groups in total. The highest BCUT2D eigenvalue weighted by Gasteiger charge is 2.09. The van der Waals surface area contributed by atoms with Crippen molar-refractivity contribution >= 4 is 15.8 Å². The molecule has 0 atom stereocenters. The van der Waals surface area contributed by atoms with Crippen molar-refractivity contribution in [3.05, 3.63) is 0 Å². The van der Waals surface area contributed by atoms with Crippen LogP contribution in [0, 0.1) is 0 Å². The number of hydrogen-bond acceptors (Lipinski definition) is 3. The topological polar surface area (TPSA) is 71.4 Å². The number of unbranched alkanes of at least 4 members (excludes halogenated alkanes) is 9. The van der Waals surface area contributed by atoms with Gasteiger partial charge in [0.25, 0.3) is 0 Å². The first kappa shape index (κ1) is 20.4. The SMILES string of the molecule is CCCCCCCCS(=O)(=O)CCCCCCCC(=O)O. The van der Waals surface area contributed by atoms with E-state index in [4.69, 9.17) is 5.11 Å². The maximum atomic E-state index is 11.8. The minimum Gasteiger partial charge on any atom is -0.481 e. The Morgan fingerprint density at radius 1 is 0.762 bits per heavy atom. The molecule has 0 aliphatic heterocycles. The van der Waals surface area contributed by atoms with Gasteiger partial charge < -0.3 is 5.11 Å². The third-order valence-electron chi connectivity index (χ3n) is 3.65. The Morgan fingerprint density at radius 2 is 1.19 bits per heavy atom. The number of rotatable bonds is 15. The Balaban J connectivity index is 3.45. The molecular formula is C16H32O4S. The third-order valence-corrected chi connectivity index (χ3v) is 5.48. The molecule has 21 heavy (non-hydrogen) atoms. The number of carbonyl (C=O) groups is 1. The van der Waals surface area contributed by atoms with Crippen molar-refractivity contribution in [3.8, 4) is 0 Å². The molecule has 126 valence electrons. The zero-order chi connectivity index (χ0) is 16.0. The summed E-state index contributed by atoms with van der Waals surface area (Å²) in [5.41, 5.74) is 0. The Kier molecular flexibility index (Phi) is 12.7. The lowest BCUT2D eigenvalue weighted by Gasteiger charge is -2.05. The predicted octanol–water partition coefficient (Wildman–Crippen LogP) is 4.19. The summed E-state index contributed by atoms with van der Waals surface area (Å²) >= 11 is 0. The van der Waals surface area contributed by atoms with Crippen LogP contribution in [0.4, 0.5) is 0 Å². The van der Waals surface area contributed by atoms with E-state index in [-0.39, 0.29) is 6.42 Å². The molecule has 0 heterocycles. The second-order valence-electron chi connectivity index (χ2n) is 5.83. The summed E-state index contributed by atoms with van der Waals surface area (Å²) in [5, 5.41) is 8.49. The van der Waals surface area contributed by atoms with Crippen molar-refractivity contribution in [1.82, 2.24) is 0 Å². The summed E-state index contributed by atoms with van der Waals surface area (Å²) < 4.78 is 23.6. The molecule has 0 rings (SSSR count). The first-order valence-electron chi connectivity index (χ1n) is 8.40. The van der Waals surface area contributed by atoms with Crippen molar-refractivity contribution in [1.29, 1.82) is 0 Å². The molecule has 0 fully saturated rings. The van der Waals surface area contributed by atoms with Gasteiger partial charge in [-0.15, -0.1) is 0 Å². The van der Waals surface area contributed by atoms with Crippen LogP contribution in [0.1, 0.15) is 84.0 Å². The van der Waals surface area contributed by atoms with Crippen LogP contribution in [0.15, 0.2) is 0 Å². The van der Waals surface area contributed by atoms with Gasteiger partial charge >= 0.3 is 5.97 Å². The molecular weight excluding hydrogens is 288 g/mol. The summed E-state index contributed by atoms with van der Waals surface area (Å²) in [6, 6.07) is 0. The maximum Gasteiger partial charge on any atom is 0.303 e. The molecule has 0 aliphatic carbocycles. The zero-order valence-electron chi connectivity index (χ0n) is 13.5. The van der Waals surface area contributed by atoms with E-state index in [1.165, 1.54) is 19.3 Å². The van der Waals surface area contributed by atoms with Gasteiger partial charge in [0.05, 0.1) is 11.5 Å². The number of carboxylic acid groups (broad SMARTS) is 1. The Hall–Kier alpha value is -0.580. The van der Waals surface area contributed by atoms with Crippen LogP contribution in [0.3, 0.4) is 0 Å². The van der Waals surface area contributed by atoms with Crippen LogP contribution >= 0.6 is 0 Å². The highest BCUT2D eigenvalue weighted by molar-refractivity contribution is 7.91.